The molecule has 0 saturated heterocycles. The summed E-state index contributed by atoms with van der Waals surface area (Å²) in [5, 5.41) is 9.85. The van der Waals surface area contributed by atoms with Gasteiger partial charge in [0.25, 0.3) is 0 Å². The van der Waals surface area contributed by atoms with Crippen molar-refractivity contribution < 1.29 is 52.2 Å². The predicted molar refractivity (Wildman–Crippen MR) is 334 cm³/mol. The molecule has 2 N–H and O–H groups in total. The van der Waals surface area contributed by atoms with Crippen molar-refractivity contribution in [2.45, 2.75) is 251 Å². The maximum atomic E-state index is 13.0. The lowest BCUT2D eigenvalue weighted by Crippen LogP contribution is -2.30. The van der Waals surface area contributed by atoms with Crippen LogP contribution in [-0.2, 0) is 42.2 Å². The van der Waals surface area contributed by atoms with E-state index in [1.54, 1.807) is 0 Å². The predicted octanol–water partition coefficient (Wildman–Crippen LogP) is 18.9. The highest BCUT2D eigenvalue weighted by molar-refractivity contribution is 7.47. The van der Waals surface area contributed by atoms with E-state index >= 15 is 0 Å². The lowest BCUT2D eigenvalue weighted by atomic mass is 10.1. The summed E-state index contributed by atoms with van der Waals surface area (Å²) in [7, 11) is -4.78. The van der Waals surface area contributed by atoms with Crippen LogP contribution in [0, 0.1) is 0 Å². The molecule has 80 heavy (non-hydrogen) atoms. The van der Waals surface area contributed by atoms with Crippen molar-refractivity contribution in [3.8, 4) is 0 Å². The lowest BCUT2D eigenvalue weighted by molar-refractivity contribution is -0.161. The molecule has 0 aromatic carbocycles. The van der Waals surface area contributed by atoms with Gasteiger partial charge in [-0.2, -0.15) is 0 Å². The molecule has 0 heterocycles. The second-order valence-electron chi connectivity index (χ2n) is 20.1. The summed E-state index contributed by atoms with van der Waals surface area (Å²) in [5.74, 6) is -1.53. The van der Waals surface area contributed by atoms with Crippen LogP contribution in [0.1, 0.15) is 239 Å². The van der Waals surface area contributed by atoms with Crippen LogP contribution in [0.2, 0.25) is 0 Å². The Balaban J connectivity index is 4.79. The number of carbonyl (C=O) groups is 3. The molecule has 12 heteroatoms. The minimum absolute atomic E-state index is 0.140. The Labute approximate surface area is 487 Å². The van der Waals surface area contributed by atoms with Crippen molar-refractivity contribution in [2.75, 3.05) is 26.4 Å². The number of carbonyl (C=O) groups excluding carboxylic acids is 3. The molecule has 0 rings (SSSR count). The Kier molecular flexibility index (Phi) is 57.4. The molecular formula is C68H111O11P. The monoisotopic (exact) mass is 1130 g/mol. The van der Waals surface area contributed by atoms with E-state index in [-0.39, 0.29) is 25.9 Å². The third-order valence-corrected chi connectivity index (χ3v) is 13.5. The molecular weight excluding hydrogens is 1020 g/mol. The maximum Gasteiger partial charge on any atom is 0.472 e. The molecule has 0 fully saturated rings. The second kappa shape index (κ2) is 60.7. The molecule has 0 amide bonds. The number of allylic oxidation sites excluding steroid dienone is 22. The molecule has 0 saturated carbocycles. The van der Waals surface area contributed by atoms with Crippen molar-refractivity contribution in [3.63, 3.8) is 0 Å². The van der Waals surface area contributed by atoms with Gasteiger partial charge in [0.1, 0.15) is 12.7 Å². The fraction of sp³-hybridized carbons (Fsp3) is 0.632. The number of hydrogen-bond acceptors (Lipinski definition) is 10. The summed E-state index contributed by atoms with van der Waals surface area (Å²) < 4.78 is 39.6. The Morgan fingerprint density at radius 1 is 0.350 bits per heavy atom. The quantitative estimate of drug-likeness (QED) is 0.0197. The number of esters is 3. The summed E-state index contributed by atoms with van der Waals surface area (Å²) in [5.41, 5.74) is 0. The van der Waals surface area contributed by atoms with Gasteiger partial charge < -0.3 is 24.2 Å². The van der Waals surface area contributed by atoms with Gasteiger partial charge in [0, 0.05) is 19.3 Å². The van der Waals surface area contributed by atoms with E-state index in [0.717, 1.165) is 167 Å². The van der Waals surface area contributed by atoms with Crippen LogP contribution in [-0.4, -0.2) is 66.5 Å². The average Bonchev–Trinajstić information content (AvgIpc) is 3.45. The molecule has 3 atom stereocenters. The molecule has 454 valence electrons. The number of phosphoric ester groups is 1. The normalized spacial score (nSPS) is 14.2. The molecule has 0 aromatic rings. The smallest absolute Gasteiger partial charge is 0.462 e. The number of aliphatic hydroxyl groups excluding tert-OH is 1. The zero-order chi connectivity index (χ0) is 58.3. The van der Waals surface area contributed by atoms with Crippen LogP contribution in [0.3, 0.4) is 0 Å². The molecule has 3 unspecified atom stereocenters. The number of hydrogen-bond donors (Lipinski definition) is 2. The number of aliphatic hydroxyl groups is 1. The third-order valence-electron chi connectivity index (χ3n) is 12.6. The first-order valence-electron chi connectivity index (χ1n) is 31.1. The zero-order valence-corrected chi connectivity index (χ0v) is 51.1. The SMILES string of the molecule is CC/C=C\C/C=C\C/C=C\C/C=C\CCCCCCCCC(=O)OC(COC(=O)CCCCCCCCC/C=C\C/C=C\C/C=C\CC)COP(=O)(O)OCC(CO)OC(=O)CCCCCC/C=C\C/C=C\C/C=C\C/C=C\CC. The van der Waals surface area contributed by atoms with E-state index in [1.165, 1.54) is 12.8 Å². The third kappa shape index (κ3) is 58.3. The standard InChI is InChI=1S/C68H111O11P/c1-4-7-10-13-16-19-22-25-28-31-32-35-38-41-44-47-50-53-56-59-68(72)79-65(61-75-66(70)57-54-51-48-45-42-39-36-33-29-26-23-20-17-14-11-8-5-2)63-77-80(73,74)76-62-64(60-69)78-67(71)58-55-52-49-46-43-40-37-34-30-27-24-21-18-15-12-9-6-3/h7-12,16-21,25-30,32,35,37,40,64-65,69H,4-6,13-15,22-24,31,33-34,36,38-39,41-63H2,1-3H3,(H,73,74)/b10-7-,11-8-,12-9-,19-16-,20-17-,21-18-,28-25-,29-26-,30-27-,35-32-,40-37-. The summed E-state index contributed by atoms with van der Waals surface area (Å²) in [6, 6.07) is 0. The van der Waals surface area contributed by atoms with Gasteiger partial charge in [-0.3, -0.25) is 23.4 Å². The van der Waals surface area contributed by atoms with Gasteiger partial charge in [0.15, 0.2) is 6.10 Å². The first kappa shape index (κ1) is 75.6. The largest absolute Gasteiger partial charge is 0.472 e. The first-order valence-corrected chi connectivity index (χ1v) is 32.6. The second-order valence-corrected chi connectivity index (χ2v) is 21.5. The highest BCUT2D eigenvalue weighted by atomic mass is 31.2. The van der Waals surface area contributed by atoms with Gasteiger partial charge in [-0.15, -0.1) is 0 Å². The van der Waals surface area contributed by atoms with Gasteiger partial charge in [0.05, 0.1) is 19.8 Å². The molecule has 0 aliphatic heterocycles. The molecule has 0 bridgehead atoms. The zero-order valence-electron chi connectivity index (χ0n) is 50.2. The first-order chi connectivity index (χ1) is 39.2. The van der Waals surface area contributed by atoms with Crippen LogP contribution in [0.15, 0.2) is 134 Å². The Morgan fingerprint density at radius 2 is 0.613 bits per heavy atom. The van der Waals surface area contributed by atoms with E-state index in [2.05, 4.69) is 154 Å². The number of rotatable bonds is 56. The number of unbranched alkanes of at least 4 members (excludes halogenated alkanes) is 17. The molecule has 0 radical (unpaired) electrons. The molecule has 11 nitrogen and oxygen atoms in total. The van der Waals surface area contributed by atoms with Gasteiger partial charge in [0.2, 0.25) is 0 Å². The molecule has 0 aromatic heterocycles. The van der Waals surface area contributed by atoms with Crippen molar-refractivity contribution in [1.82, 2.24) is 0 Å². The number of phosphoric acid groups is 1. The van der Waals surface area contributed by atoms with Gasteiger partial charge in [-0.1, -0.05) is 225 Å². The van der Waals surface area contributed by atoms with Crippen LogP contribution < -0.4 is 0 Å². The van der Waals surface area contributed by atoms with Gasteiger partial charge in [-0.05, 0) is 128 Å². The fourth-order valence-corrected chi connectivity index (χ4v) is 8.72. The molecule has 0 aliphatic carbocycles. The average molecular weight is 1140 g/mol. The Bertz CT molecular complexity index is 1850. The van der Waals surface area contributed by atoms with Crippen LogP contribution in [0.4, 0.5) is 0 Å². The minimum atomic E-state index is -4.78. The fourth-order valence-electron chi connectivity index (χ4n) is 7.94. The van der Waals surface area contributed by atoms with Crippen molar-refractivity contribution in [1.29, 1.82) is 0 Å². The number of ether oxygens (including phenoxy) is 3. The Hall–Kier alpha value is -4.38. The van der Waals surface area contributed by atoms with Crippen LogP contribution in [0.25, 0.3) is 0 Å². The van der Waals surface area contributed by atoms with Crippen molar-refractivity contribution >= 4 is 25.7 Å². The van der Waals surface area contributed by atoms with Gasteiger partial charge in [-0.25, -0.2) is 4.57 Å². The maximum absolute atomic E-state index is 13.0. The van der Waals surface area contributed by atoms with Gasteiger partial charge >= 0.3 is 25.7 Å². The van der Waals surface area contributed by atoms with E-state index < -0.39 is 57.8 Å². The minimum Gasteiger partial charge on any atom is -0.462 e. The highest BCUT2D eigenvalue weighted by Gasteiger charge is 2.28. The summed E-state index contributed by atoms with van der Waals surface area (Å²) in [6.45, 7) is 4.25. The van der Waals surface area contributed by atoms with E-state index in [9.17, 15) is 28.9 Å². The van der Waals surface area contributed by atoms with Crippen LogP contribution in [0.5, 0.6) is 0 Å². The Morgan fingerprint density at radius 3 is 0.938 bits per heavy atom. The molecule has 0 spiro atoms. The van der Waals surface area contributed by atoms with Crippen LogP contribution >= 0.6 is 7.82 Å². The van der Waals surface area contributed by atoms with E-state index in [1.807, 2.05) is 0 Å². The topological polar surface area (TPSA) is 155 Å². The summed E-state index contributed by atoms with van der Waals surface area (Å²) in [6.07, 6.45) is 76.8. The lowest BCUT2D eigenvalue weighted by Gasteiger charge is -2.21. The van der Waals surface area contributed by atoms with Crippen molar-refractivity contribution in [3.05, 3.63) is 134 Å². The summed E-state index contributed by atoms with van der Waals surface area (Å²) >= 11 is 0. The summed E-state index contributed by atoms with van der Waals surface area (Å²) in [4.78, 5) is 48.7. The highest BCUT2D eigenvalue weighted by Crippen LogP contribution is 2.43. The van der Waals surface area contributed by atoms with E-state index in [0.29, 0.717) is 19.3 Å². The molecule has 0 aliphatic rings. The van der Waals surface area contributed by atoms with Crippen molar-refractivity contribution in [2.24, 2.45) is 0 Å². The van der Waals surface area contributed by atoms with E-state index in [4.69, 9.17) is 23.3 Å².